The fraction of sp³-hybridized carbons (Fsp3) is 0.318. The molecule has 0 amide bonds. The van der Waals surface area contributed by atoms with Crippen LogP contribution in [-0.4, -0.2) is 10.9 Å². The lowest BCUT2D eigenvalue weighted by Crippen LogP contribution is -2.25. The maximum absolute atomic E-state index is 12.8. The zero-order valence-corrected chi connectivity index (χ0v) is 17.8. The van der Waals surface area contributed by atoms with E-state index in [9.17, 15) is 9.90 Å². The average molecular weight is 424 g/mol. The number of halogens is 3. The number of benzene rings is 2. The van der Waals surface area contributed by atoms with Gasteiger partial charge >= 0.3 is 0 Å². The zero-order chi connectivity index (χ0) is 19.9. The molecule has 1 aliphatic rings. The molecule has 2 aromatic rings. The number of allylic oxidation sites excluding steroid dienone is 2. The fourth-order valence-corrected chi connectivity index (χ4v) is 4.28. The van der Waals surface area contributed by atoms with Crippen LogP contribution in [0.1, 0.15) is 44.7 Å². The van der Waals surface area contributed by atoms with E-state index >= 15 is 0 Å². The van der Waals surface area contributed by atoms with Gasteiger partial charge in [-0.15, -0.1) is 0 Å². The summed E-state index contributed by atoms with van der Waals surface area (Å²) in [6, 6.07) is 9.15. The number of rotatable bonds is 3. The smallest absolute Gasteiger partial charge is 0.167 e. The van der Waals surface area contributed by atoms with Gasteiger partial charge in [0.25, 0.3) is 0 Å². The molecule has 1 N–H and O–H groups in total. The van der Waals surface area contributed by atoms with Crippen LogP contribution < -0.4 is 0 Å². The summed E-state index contributed by atoms with van der Waals surface area (Å²) in [4.78, 5) is 12.8. The van der Waals surface area contributed by atoms with Crippen molar-refractivity contribution in [3.05, 3.63) is 62.3 Å². The van der Waals surface area contributed by atoms with Crippen molar-refractivity contribution in [1.82, 2.24) is 0 Å². The molecule has 0 saturated carbocycles. The fourth-order valence-electron chi connectivity index (χ4n) is 3.62. The molecule has 5 heteroatoms. The Morgan fingerprint density at radius 2 is 1.63 bits per heavy atom. The van der Waals surface area contributed by atoms with E-state index in [0.29, 0.717) is 33.5 Å². The number of carbonyl (C=O) groups is 1. The van der Waals surface area contributed by atoms with Gasteiger partial charge in [0.15, 0.2) is 5.78 Å². The molecule has 0 atom stereocenters. The number of hydrogen-bond acceptors (Lipinski definition) is 2. The molecule has 142 valence electrons. The molecule has 3 rings (SSSR count). The van der Waals surface area contributed by atoms with Crippen LogP contribution in [0, 0.1) is 5.41 Å². The molecule has 2 aromatic carbocycles. The Bertz CT molecular complexity index is 958. The molecule has 0 aromatic heterocycles. The van der Waals surface area contributed by atoms with Crippen molar-refractivity contribution < 1.29 is 9.90 Å². The molecule has 0 saturated heterocycles. The quantitative estimate of drug-likeness (QED) is 0.518. The first-order valence-corrected chi connectivity index (χ1v) is 10.00. The SMILES string of the molecule is CCc1ccc(-c2cc(Cl)c(Cl)cc2Cl)cc1C1=C(O)CC(C)(C)CC1=O. The summed E-state index contributed by atoms with van der Waals surface area (Å²) >= 11 is 18.6. The number of aryl methyl sites for hydroxylation is 1. The third kappa shape index (κ3) is 4.03. The van der Waals surface area contributed by atoms with E-state index in [-0.39, 0.29) is 17.0 Å². The van der Waals surface area contributed by atoms with Crippen molar-refractivity contribution in [2.45, 2.75) is 40.0 Å². The summed E-state index contributed by atoms with van der Waals surface area (Å²) < 4.78 is 0. The predicted molar refractivity (Wildman–Crippen MR) is 114 cm³/mol. The Morgan fingerprint density at radius 1 is 0.963 bits per heavy atom. The Hall–Kier alpha value is -1.48. The second-order valence-electron chi connectivity index (χ2n) is 7.73. The van der Waals surface area contributed by atoms with Crippen LogP contribution in [0.5, 0.6) is 0 Å². The Morgan fingerprint density at radius 3 is 2.26 bits per heavy atom. The molecule has 0 radical (unpaired) electrons. The van der Waals surface area contributed by atoms with Gasteiger partial charge in [-0.3, -0.25) is 4.79 Å². The highest BCUT2D eigenvalue weighted by molar-refractivity contribution is 6.44. The largest absolute Gasteiger partial charge is 0.512 e. The zero-order valence-electron chi connectivity index (χ0n) is 15.5. The average Bonchev–Trinajstić information content (AvgIpc) is 2.56. The minimum Gasteiger partial charge on any atom is -0.512 e. The van der Waals surface area contributed by atoms with Gasteiger partial charge in [0, 0.05) is 23.4 Å². The summed E-state index contributed by atoms with van der Waals surface area (Å²) in [7, 11) is 0. The van der Waals surface area contributed by atoms with Crippen LogP contribution in [0.25, 0.3) is 16.7 Å². The van der Waals surface area contributed by atoms with Gasteiger partial charge in [-0.2, -0.15) is 0 Å². The molecule has 0 fully saturated rings. The third-order valence-corrected chi connectivity index (χ3v) is 5.97. The molecule has 0 unspecified atom stereocenters. The second kappa shape index (κ2) is 7.50. The maximum Gasteiger partial charge on any atom is 0.167 e. The van der Waals surface area contributed by atoms with Gasteiger partial charge in [-0.05, 0) is 46.7 Å². The van der Waals surface area contributed by atoms with Crippen LogP contribution in [0.15, 0.2) is 36.1 Å². The first-order valence-electron chi connectivity index (χ1n) is 8.86. The maximum atomic E-state index is 12.8. The highest BCUT2D eigenvalue weighted by Crippen LogP contribution is 2.42. The minimum absolute atomic E-state index is 0.0316. The Labute approximate surface area is 174 Å². The number of aliphatic hydroxyl groups excluding tert-OH is 1. The van der Waals surface area contributed by atoms with Gasteiger partial charge in [-0.25, -0.2) is 0 Å². The first-order chi connectivity index (χ1) is 12.6. The van der Waals surface area contributed by atoms with Gasteiger partial charge in [0.05, 0.1) is 15.6 Å². The monoisotopic (exact) mass is 422 g/mol. The van der Waals surface area contributed by atoms with E-state index in [0.717, 1.165) is 28.7 Å². The molecule has 1 aliphatic carbocycles. The van der Waals surface area contributed by atoms with Crippen molar-refractivity contribution in [3.8, 4) is 11.1 Å². The van der Waals surface area contributed by atoms with Crippen molar-refractivity contribution in [2.75, 3.05) is 0 Å². The molecule has 0 heterocycles. The van der Waals surface area contributed by atoms with E-state index in [1.165, 1.54) is 0 Å². The summed E-state index contributed by atoms with van der Waals surface area (Å²) in [5.41, 5.74) is 3.51. The summed E-state index contributed by atoms with van der Waals surface area (Å²) in [5, 5.41) is 11.9. The standard InChI is InChI=1S/C22H21Cl3O2/c1-4-12-5-6-13(14-8-17(24)18(25)9-16(14)23)7-15(12)21-19(26)10-22(2,3)11-20(21)27/h5-9,26H,4,10-11H2,1-3H3. The van der Waals surface area contributed by atoms with Gasteiger partial charge in [0.2, 0.25) is 0 Å². The highest BCUT2D eigenvalue weighted by Gasteiger charge is 2.34. The summed E-state index contributed by atoms with van der Waals surface area (Å²) in [6.45, 7) is 6.01. The minimum atomic E-state index is -0.234. The number of Topliss-reactive ketones (excluding diaryl/α,β-unsaturated/α-hetero) is 1. The van der Waals surface area contributed by atoms with Crippen molar-refractivity contribution >= 4 is 46.2 Å². The topological polar surface area (TPSA) is 37.3 Å². The molecule has 27 heavy (non-hydrogen) atoms. The summed E-state index contributed by atoms with van der Waals surface area (Å²) in [6.07, 6.45) is 1.64. The lowest BCUT2D eigenvalue weighted by Gasteiger charge is -2.30. The van der Waals surface area contributed by atoms with Crippen LogP contribution in [0.4, 0.5) is 0 Å². The Balaban J connectivity index is 2.19. The highest BCUT2D eigenvalue weighted by atomic mass is 35.5. The van der Waals surface area contributed by atoms with Crippen LogP contribution >= 0.6 is 34.8 Å². The lowest BCUT2D eigenvalue weighted by molar-refractivity contribution is -0.116. The molecule has 2 nitrogen and oxygen atoms in total. The second-order valence-corrected chi connectivity index (χ2v) is 8.96. The van der Waals surface area contributed by atoms with E-state index in [4.69, 9.17) is 34.8 Å². The van der Waals surface area contributed by atoms with Crippen molar-refractivity contribution in [1.29, 1.82) is 0 Å². The predicted octanol–water partition coefficient (Wildman–Crippen LogP) is 7.53. The third-order valence-electron chi connectivity index (χ3n) is 4.93. The van der Waals surface area contributed by atoms with Gasteiger partial charge in [-0.1, -0.05) is 67.7 Å². The number of ketones is 1. The molecule has 0 aliphatic heterocycles. The lowest BCUT2D eigenvalue weighted by atomic mass is 9.74. The Kier molecular flexibility index (Phi) is 5.63. The number of carbonyl (C=O) groups excluding carboxylic acids is 1. The number of hydrogen-bond donors (Lipinski definition) is 1. The summed E-state index contributed by atoms with van der Waals surface area (Å²) in [5.74, 6) is 0.124. The van der Waals surface area contributed by atoms with Gasteiger partial charge < -0.3 is 5.11 Å². The molecule has 0 bridgehead atoms. The first kappa shape index (κ1) is 20.3. The molecule has 0 spiro atoms. The van der Waals surface area contributed by atoms with Crippen molar-refractivity contribution in [3.63, 3.8) is 0 Å². The molecular formula is C22H21Cl3O2. The number of aliphatic hydroxyl groups is 1. The van der Waals surface area contributed by atoms with E-state index in [2.05, 4.69) is 0 Å². The van der Waals surface area contributed by atoms with Crippen LogP contribution in [0.2, 0.25) is 15.1 Å². The van der Waals surface area contributed by atoms with E-state index in [1.54, 1.807) is 12.1 Å². The van der Waals surface area contributed by atoms with E-state index in [1.807, 2.05) is 39.0 Å². The van der Waals surface area contributed by atoms with E-state index < -0.39 is 0 Å². The van der Waals surface area contributed by atoms with Crippen molar-refractivity contribution in [2.24, 2.45) is 5.41 Å². The molecular weight excluding hydrogens is 403 g/mol. The van der Waals surface area contributed by atoms with Gasteiger partial charge in [0.1, 0.15) is 5.76 Å². The van der Waals surface area contributed by atoms with Crippen LogP contribution in [-0.2, 0) is 11.2 Å². The normalized spacial score (nSPS) is 16.7. The van der Waals surface area contributed by atoms with Crippen LogP contribution in [0.3, 0.4) is 0 Å².